The van der Waals surface area contributed by atoms with E-state index in [0.29, 0.717) is 39.5 Å². The molecule has 5 rings (SSSR count). The second-order valence-electron chi connectivity index (χ2n) is 7.52. The van der Waals surface area contributed by atoms with Gasteiger partial charge in [-0.2, -0.15) is 0 Å². The third-order valence-electron chi connectivity index (χ3n) is 5.32. The van der Waals surface area contributed by atoms with Crippen molar-refractivity contribution in [2.45, 2.75) is 6.61 Å². The second-order valence-corrected chi connectivity index (χ2v) is 7.52. The quantitative estimate of drug-likeness (QED) is 0.356. The number of para-hydroxylation sites is 1. The van der Waals surface area contributed by atoms with E-state index in [2.05, 4.69) is 5.32 Å². The summed E-state index contributed by atoms with van der Waals surface area (Å²) in [5.74, 6) is 0.830. The Balaban J connectivity index is 1.37. The Morgan fingerprint density at radius 3 is 2.42 bits per heavy atom. The molecule has 162 valence electrons. The van der Waals surface area contributed by atoms with Gasteiger partial charge >= 0.3 is 5.63 Å². The van der Waals surface area contributed by atoms with Crippen molar-refractivity contribution in [1.29, 1.82) is 0 Å². The van der Waals surface area contributed by atoms with Gasteiger partial charge in [-0.3, -0.25) is 4.79 Å². The van der Waals surface area contributed by atoms with Crippen molar-refractivity contribution in [2.75, 3.05) is 5.32 Å². The van der Waals surface area contributed by atoms with E-state index < -0.39 is 5.63 Å². The summed E-state index contributed by atoms with van der Waals surface area (Å²) >= 11 is 0. The van der Waals surface area contributed by atoms with E-state index in [0.717, 1.165) is 10.9 Å². The Labute approximate surface area is 188 Å². The predicted molar refractivity (Wildman–Crippen MR) is 126 cm³/mol. The Morgan fingerprint density at radius 2 is 1.64 bits per heavy atom. The molecule has 1 amide bonds. The molecule has 0 fully saturated rings. The number of carbonyl (C=O) groups is 1. The minimum absolute atomic E-state index is 0.158. The summed E-state index contributed by atoms with van der Waals surface area (Å²) in [5.41, 5.74) is 2.94. The van der Waals surface area contributed by atoms with Crippen LogP contribution in [0.5, 0.6) is 0 Å². The molecule has 2 N–H and O–H groups in total. The number of aliphatic hydroxyl groups is 1. The van der Waals surface area contributed by atoms with E-state index in [4.69, 9.17) is 13.9 Å². The Morgan fingerprint density at radius 1 is 0.818 bits per heavy atom. The number of nitrogens with one attached hydrogen (secondary N) is 1. The van der Waals surface area contributed by atoms with E-state index in [1.807, 2.05) is 30.3 Å². The zero-order chi connectivity index (χ0) is 22.8. The number of aliphatic hydroxyl groups excluding tert-OH is 1. The number of hydrogen-bond donors (Lipinski definition) is 2. The summed E-state index contributed by atoms with van der Waals surface area (Å²) in [7, 11) is 0. The Kier molecular flexibility index (Phi) is 5.34. The first-order valence-electron chi connectivity index (χ1n) is 10.4. The van der Waals surface area contributed by atoms with Crippen LogP contribution in [0.25, 0.3) is 33.4 Å². The lowest BCUT2D eigenvalue weighted by molar-refractivity contribution is 0.102. The van der Waals surface area contributed by atoms with Crippen molar-refractivity contribution in [3.8, 4) is 22.5 Å². The molecule has 33 heavy (non-hydrogen) atoms. The third-order valence-corrected chi connectivity index (χ3v) is 5.32. The smallest absolute Gasteiger partial charge is 0.344 e. The number of benzene rings is 3. The summed E-state index contributed by atoms with van der Waals surface area (Å²) in [6, 6.07) is 26.6. The molecule has 0 aliphatic heterocycles. The molecule has 0 saturated heterocycles. The molecule has 0 aliphatic rings. The van der Waals surface area contributed by atoms with Crippen LogP contribution in [-0.2, 0) is 6.61 Å². The molecular formula is C27H19NO5. The van der Waals surface area contributed by atoms with Crippen LogP contribution in [0.15, 0.2) is 105 Å². The number of anilines is 1. The molecule has 0 aliphatic carbocycles. The van der Waals surface area contributed by atoms with Gasteiger partial charge in [0.05, 0.1) is 5.56 Å². The molecule has 0 bridgehead atoms. The van der Waals surface area contributed by atoms with Crippen molar-refractivity contribution < 1.29 is 18.7 Å². The molecule has 0 unspecified atom stereocenters. The van der Waals surface area contributed by atoms with E-state index in [1.54, 1.807) is 60.7 Å². The van der Waals surface area contributed by atoms with E-state index in [9.17, 15) is 9.59 Å². The number of furan rings is 1. The van der Waals surface area contributed by atoms with Crippen molar-refractivity contribution in [3.05, 3.63) is 113 Å². The Hall–Kier alpha value is -4.42. The highest BCUT2D eigenvalue weighted by Crippen LogP contribution is 2.25. The summed E-state index contributed by atoms with van der Waals surface area (Å²) in [5, 5.41) is 12.8. The minimum Gasteiger partial charge on any atom is -0.459 e. The van der Waals surface area contributed by atoms with Crippen molar-refractivity contribution in [3.63, 3.8) is 0 Å². The first-order valence-corrected chi connectivity index (χ1v) is 10.4. The highest BCUT2D eigenvalue weighted by atomic mass is 16.4. The van der Waals surface area contributed by atoms with Crippen LogP contribution >= 0.6 is 0 Å². The first kappa shape index (κ1) is 20.5. The van der Waals surface area contributed by atoms with E-state index in [1.165, 1.54) is 0 Å². The van der Waals surface area contributed by atoms with Crippen LogP contribution in [-0.4, -0.2) is 11.0 Å². The van der Waals surface area contributed by atoms with Gasteiger partial charge in [0.1, 0.15) is 23.7 Å². The average molecular weight is 437 g/mol. The molecular weight excluding hydrogens is 418 g/mol. The lowest BCUT2D eigenvalue weighted by Gasteiger charge is -2.08. The lowest BCUT2D eigenvalue weighted by Crippen LogP contribution is -2.12. The fourth-order valence-corrected chi connectivity index (χ4v) is 3.63. The Bertz CT molecular complexity index is 1510. The van der Waals surface area contributed by atoms with Gasteiger partial charge in [-0.25, -0.2) is 4.79 Å². The summed E-state index contributed by atoms with van der Waals surface area (Å²) in [6.45, 7) is -0.158. The van der Waals surface area contributed by atoms with Crippen molar-refractivity contribution >= 4 is 22.6 Å². The van der Waals surface area contributed by atoms with E-state index >= 15 is 0 Å². The molecule has 2 heterocycles. The zero-order valence-electron chi connectivity index (χ0n) is 17.4. The maximum absolute atomic E-state index is 12.8. The SMILES string of the molecule is O=C(Nc1ccc(-c2ccc(CO)o2)cc1)c1cccc(-c2cc3ccccc3oc2=O)c1. The fourth-order valence-electron chi connectivity index (χ4n) is 3.63. The van der Waals surface area contributed by atoms with Gasteiger partial charge in [0.2, 0.25) is 0 Å². The third kappa shape index (κ3) is 4.20. The predicted octanol–water partition coefficient (Wildman–Crippen LogP) is 5.46. The lowest BCUT2D eigenvalue weighted by atomic mass is 10.0. The summed E-state index contributed by atoms with van der Waals surface area (Å²) in [4.78, 5) is 25.3. The maximum atomic E-state index is 12.8. The van der Waals surface area contributed by atoms with Crippen LogP contribution in [0, 0.1) is 0 Å². The molecule has 5 aromatic rings. The van der Waals surface area contributed by atoms with Crippen LogP contribution in [0.2, 0.25) is 0 Å². The molecule has 6 heteroatoms. The highest BCUT2D eigenvalue weighted by molar-refractivity contribution is 6.05. The van der Waals surface area contributed by atoms with Crippen LogP contribution in [0.4, 0.5) is 5.69 Å². The van der Waals surface area contributed by atoms with Crippen LogP contribution < -0.4 is 10.9 Å². The standard InChI is InChI=1S/C27H19NO5/c29-16-22-12-13-25(32-22)17-8-10-21(11-9-17)28-26(30)20-6-3-5-18(14-20)23-15-19-4-1-2-7-24(19)33-27(23)31/h1-15,29H,16H2,(H,28,30). The molecule has 0 atom stereocenters. The summed E-state index contributed by atoms with van der Waals surface area (Å²) in [6.07, 6.45) is 0. The van der Waals surface area contributed by atoms with Crippen molar-refractivity contribution in [1.82, 2.24) is 0 Å². The van der Waals surface area contributed by atoms with Crippen molar-refractivity contribution in [2.24, 2.45) is 0 Å². The van der Waals surface area contributed by atoms with Gasteiger partial charge in [0.15, 0.2) is 0 Å². The number of hydrogen-bond acceptors (Lipinski definition) is 5. The molecule has 0 saturated carbocycles. The van der Waals surface area contributed by atoms with Gasteiger partial charge in [0.25, 0.3) is 5.91 Å². The number of rotatable bonds is 5. The zero-order valence-corrected chi connectivity index (χ0v) is 17.4. The molecule has 6 nitrogen and oxygen atoms in total. The minimum atomic E-state index is -0.455. The molecule has 0 spiro atoms. The van der Waals surface area contributed by atoms with Gasteiger partial charge in [-0.15, -0.1) is 0 Å². The largest absolute Gasteiger partial charge is 0.459 e. The molecule has 0 radical (unpaired) electrons. The van der Waals surface area contributed by atoms with E-state index in [-0.39, 0.29) is 12.5 Å². The average Bonchev–Trinajstić information content (AvgIpc) is 3.33. The van der Waals surface area contributed by atoms with Gasteiger partial charge in [0, 0.05) is 22.2 Å². The van der Waals surface area contributed by atoms with Crippen LogP contribution in [0.1, 0.15) is 16.1 Å². The fraction of sp³-hybridized carbons (Fsp3) is 0.0370. The van der Waals surface area contributed by atoms with Crippen LogP contribution in [0.3, 0.4) is 0 Å². The molecule has 3 aromatic carbocycles. The maximum Gasteiger partial charge on any atom is 0.344 e. The first-order chi connectivity index (χ1) is 16.1. The van der Waals surface area contributed by atoms with Gasteiger partial charge in [-0.05, 0) is 66.2 Å². The highest BCUT2D eigenvalue weighted by Gasteiger charge is 2.12. The monoisotopic (exact) mass is 437 g/mol. The van der Waals surface area contributed by atoms with Gasteiger partial charge < -0.3 is 19.3 Å². The topological polar surface area (TPSA) is 92.7 Å². The number of fused-ring (bicyclic) bond motifs is 1. The molecule has 2 aromatic heterocycles. The number of carbonyl (C=O) groups excluding carboxylic acids is 1. The summed E-state index contributed by atoms with van der Waals surface area (Å²) < 4.78 is 11.0. The number of amides is 1. The normalized spacial score (nSPS) is 10.9. The second kappa shape index (κ2) is 8.61. The van der Waals surface area contributed by atoms with Gasteiger partial charge in [-0.1, -0.05) is 30.3 Å².